The van der Waals surface area contributed by atoms with E-state index >= 15 is 0 Å². The molecule has 1 unspecified atom stereocenters. The van der Waals surface area contributed by atoms with Gasteiger partial charge in [0.2, 0.25) is 0 Å². The summed E-state index contributed by atoms with van der Waals surface area (Å²) in [5.41, 5.74) is 6.62. The first-order chi connectivity index (χ1) is 15.8. The molecule has 2 atom stereocenters. The molecule has 2 aromatic carbocycles. The molecular formula is C27H28BrNO3S. The number of benzene rings is 2. The van der Waals surface area contributed by atoms with E-state index in [1.165, 1.54) is 23.1 Å². The summed E-state index contributed by atoms with van der Waals surface area (Å²) in [7, 11) is 1.39. The van der Waals surface area contributed by atoms with Crippen LogP contribution < -0.4 is 0 Å². The summed E-state index contributed by atoms with van der Waals surface area (Å²) < 4.78 is 6.21. The monoisotopic (exact) mass is 525 g/mol. The minimum absolute atomic E-state index is 0.171. The van der Waals surface area contributed by atoms with Gasteiger partial charge in [0.15, 0.2) is 0 Å². The molecule has 0 bridgehead atoms. The quantitative estimate of drug-likeness (QED) is 0.321. The van der Waals surface area contributed by atoms with Gasteiger partial charge in [0.05, 0.1) is 18.6 Å². The number of nitrogens with zero attached hydrogens (tertiary/aromatic N) is 1. The number of thioether (sulfide) groups is 1. The van der Waals surface area contributed by atoms with Gasteiger partial charge in [-0.05, 0) is 80.1 Å². The number of hydrogen-bond donors (Lipinski definition) is 0. The van der Waals surface area contributed by atoms with Crippen molar-refractivity contribution in [2.75, 3.05) is 7.11 Å². The smallest absolute Gasteiger partial charge is 0.336 e. The van der Waals surface area contributed by atoms with Gasteiger partial charge in [-0.2, -0.15) is 0 Å². The molecule has 4 rings (SSSR count). The number of allylic oxidation sites excluding steroid dienone is 1. The third-order valence-electron chi connectivity index (χ3n) is 6.58. The van der Waals surface area contributed by atoms with E-state index in [1.54, 1.807) is 11.8 Å². The highest BCUT2D eigenvalue weighted by atomic mass is 79.9. The fourth-order valence-electron chi connectivity index (χ4n) is 4.93. The van der Waals surface area contributed by atoms with Gasteiger partial charge in [-0.3, -0.25) is 9.79 Å². The molecule has 1 heterocycles. The maximum Gasteiger partial charge on any atom is 0.336 e. The summed E-state index contributed by atoms with van der Waals surface area (Å²) in [5.74, 6) is -0.155. The minimum Gasteiger partial charge on any atom is -0.466 e. The van der Waals surface area contributed by atoms with Gasteiger partial charge >= 0.3 is 5.97 Å². The van der Waals surface area contributed by atoms with Crippen molar-refractivity contribution >= 4 is 45.2 Å². The molecule has 1 fully saturated rings. The number of carbonyl (C=O) groups is 2. The van der Waals surface area contributed by atoms with Crippen LogP contribution in [0.3, 0.4) is 0 Å². The SMILES string of the molecule is COC(=O)C1=C(C)N=C2CCCC(=O)C2[C@H]1c1cc(CSc2ccc(Br)cc2)c(C)cc1C. The Bertz CT molecular complexity index is 1170. The first kappa shape index (κ1) is 24.0. The fraction of sp³-hybridized carbons (Fsp3) is 0.370. The zero-order valence-corrected chi connectivity index (χ0v) is 21.8. The molecule has 0 amide bonds. The van der Waals surface area contributed by atoms with Gasteiger partial charge < -0.3 is 4.74 Å². The number of fused-ring (bicyclic) bond motifs is 1. The second kappa shape index (κ2) is 9.98. The molecule has 0 aromatic heterocycles. The lowest BCUT2D eigenvalue weighted by molar-refractivity contribution is -0.136. The van der Waals surface area contributed by atoms with Crippen molar-refractivity contribution in [2.24, 2.45) is 10.9 Å². The first-order valence-electron chi connectivity index (χ1n) is 11.2. The van der Waals surface area contributed by atoms with Crippen LogP contribution in [-0.2, 0) is 20.1 Å². The van der Waals surface area contributed by atoms with E-state index in [0.29, 0.717) is 17.7 Å². The number of hydrogen-bond acceptors (Lipinski definition) is 5. The number of halogens is 1. The van der Waals surface area contributed by atoms with Crippen molar-refractivity contribution < 1.29 is 14.3 Å². The van der Waals surface area contributed by atoms with Crippen LogP contribution in [0.15, 0.2) is 62.0 Å². The van der Waals surface area contributed by atoms with Crippen LogP contribution in [0.4, 0.5) is 0 Å². The van der Waals surface area contributed by atoms with E-state index in [-0.39, 0.29) is 17.6 Å². The molecule has 6 heteroatoms. The normalized spacial score (nSPS) is 20.4. The molecule has 2 aromatic rings. The van der Waals surface area contributed by atoms with E-state index in [4.69, 9.17) is 9.73 Å². The predicted octanol–water partition coefficient (Wildman–Crippen LogP) is 6.71. The Kier molecular flexibility index (Phi) is 7.25. The van der Waals surface area contributed by atoms with Crippen LogP contribution in [0.1, 0.15) is 54.4 Å². The lowest BCUT2D eigenvalue weighted by atomic mass is 9.68. The Morgan fingerprint density at radius 1 is 1.09 bits per heavy atom. The van der Waals surface area contributed by atoms with Gasteiger partial charge in [0.1, 0.15) is 5.78 Å². The van der Waals surface area contributed by atoms with Gasteiger partial charge in [-0.15, -0.1) is 11.8 Å². The van der Waals surface area contributed by atoms with Crippen LogP contribution in [-0.4, -0.2) is 24.6 Å². The maximum atomic E-state index is 13.1. The molecule has 1 aliphatic heterocycles. The van der Waals surface area contributed by atoms with Gasteiger partial charge in [-0.1, -0.05) is 28.1 Å². The second-order valence-electron chi connectivity index (χ2n) is 8.75. The van der Waals surface area contributed by atoms with E-state index in [2.05, 4.69) is 54.0 Å². The molecule has 0 saturated heterocycles. The zero-order chi connectivity index (χ0) is 23.7. The average Bonchev–Trinajstić information content (AvgIpc) is 2.78. The largest absolute Gasteiger partial charge is 0.466 e. The van der Waals surface area contributed by atoms with Crippen molar-refractivity contribution in [1.29, 1.82) is 0 Å². The van der Waals surface area contributed by atoms with E-state index in [1.807, 2.05) is 19.1 Å². The Balaban J connectivity index is 1.77. The Hall–Kier alpha value is -2.18. The van der Waals surface area contributed by atoms with Crippen molar-refractivity contribution in [1.82, 2.24) is 0 Å². The molecule has 0 spiro atoms. The third kappa shape index (κ3) is 4.87. The van der Waals surface area contributed by atoms with Gasteiger partial charge in [-0.25, -0.2) is 4.79 Å². The average molecular weight is 526 g/mol. The number of esters is 1. The summed E-state index contributed by atoms with van der Waals surface area (Å²) in [6.07, 6.45) is 2.16. The number of carbonyl (C=O) groups excluding carboxylic acids is 2. The van der Waals surface area contributed by atoms with Crippen LogP contribution in [0.2, 0.25) is 0 Å². The van der Waals surface area contributed by atoms with E-state index < -0.39 is 5.97 Å². The number of methoxy groups -OCH3 is 1. The molecule has 0 N–H and O–H groups in total. The summed E-state index contributed by atoms with van der Waals surface area (Å²) in [6.45, 7) is 6.04. The molecule has 2 aliphatic rings. The summed E-state index contributed by atoms with van der Waals surface area (Å²) >= 11 is 5.26. The third-order valence-corrected chi connectivity index (χ3v) is 8.17. The number of aryl methyl sites for hydroxylation is 2. The highest BCUT2D eigenvalue weighted by Gasteiger charge is 2.44. The van der Waals surface area contributed by atoms with Gasteiger partial charge in [0, 0.05) is 38.9 Å². The van der Waals surface area contributed by atoms with Crippen LogP contribution in [0, 0.1) is 19.8 Å². The zero-order valence-electron chi connectivity index (χ0n) is 19.4. The molecule has 1 aliphatic carbocycles. The van der Waals surface area contributed by atoms with Crippen molar-refractivity contribution in [3.05, 3.63) is 74.4 Å². The van der Waals surface area contributed by atoms with Crippen molar-refractivity contribution in [2.45, 2.75) is 56.6 Å². The summed E-state index contributed by atoms with van der Waals surface area (Å²) in [5, 5.41) is 0. The minimum atomic E-state index is -0.399. The van der Waals surface area contributed by atoms with E-state index in [0.717, 1.165) is 39.9 Å². The van der Waals surface area contributed by atoms with Crippen LogP contribution >= 0.6 is 27.7 Å². The maximum absolute atomic E-state index is 13.1. The van der Waals surface area contributed by atoms with Crippen LogP contribution in [0.25, 0.3) is 0 Å². The molecule has 4 nitrogen and oxygen atoms in total. The standard InChI is InChI=1S/C27H28BrNO3S/c1-15-12-16(2)21(13-18(15)14-33-20-10-8-19(28)9-11-20)25-24(27(31)32-4)17(3)29-22-6-5-7-23(30)26(22)25/h8-13,25-26H,5-7,14H2,1-4H3/t25-,26?/m0/s1. The lowest BCUT2D eigenvalue weighted by Gasteiger charge is -2.36. The predicted molar refractivity (Wildman–Crippen MR) is 137 cm³/mol. The molecule has 1 saturated carbocycles. The molecule has 172 valence electrons. The number of aliphatic imine (C=N–C) groups is 1. The Morgan fingerprint density at radius 3 is 2.52 bits per heavy atom. The van der Waals surface area contributed by atoms with E-state index in [9.17, 15) is 9.59 Å². The van der Waals surface area contributed by atoms with Crippen molar-refractivity contribution in [3.8, 4) is 0 Å². The molecular weight excluding hydrogens is 498 g/mol. The lowest BCUT2D eigenvalue weighted by Crippen LogP contribution is -2.39. The Morgan fingerprint density at radius 2 is 1.82 bits per heavy atom. The highest BCUT2D eigenvalue weighted by Crippen LogP contribution is 2.44. The summed E-state index contributed by atoms with van der Waals surface area (Å²) in [6, 6.07) is 12.7. The number of ketones is 1. The number of rotatable bonds is 5. The topological polar surface area (TPSA) is 55.7 Å². The molecule has 33 heavy (non-hydrogen) atoms. The first-order valence-corrected chi connectivity index (χ1v) is 13.0. The highest BCUT2D eigenvalue weighted by molar-refractivity contribution is 9.10. The number of Topliss-reactive ketones (excluding diaryl/α,β-unsaturated/α-hetero) is 1. The second-order valence-corrected chi connectivity index (χ2v) is 10.7. The van der Waals surface area contributed by atoms with Crippen LogP contribution in [0.5, 0.6) is 0 Å². The fourth-order valence-corrected chi connectivity index (χ4v) is 6.16. The van der Waals surface area contributed by atoms with Crippen molar-refractivity contribution in [3.63, 3.8) is 0 Å². The van der Waals surface area contributed by atoms with Gasteiger partial charge in [0.25, 0.3) is 0 Å². The number of ether oxygens (including phenoxy) is 1. The Labute approximate surface area is 208 Å². The summed E-state index contributed by atoms with van der Waals surface area (Å²) in [4.78, 5) is 31.9. The molecule has 0 radical (unpaired) electrons.